The zero-order chi connectivity index (χ0) is 19.9. The number of amides is 2. The summed E-state index contributed by atoms with van der Waals surface area (Å²) in [7, 11) is 0. The van der Waals surface area contributed by atoms with Crippen LogP contribution in [0.3, 0.4) is 0 Å². The van der Waals surface area contributed by atoms with E-state index in [2.05, 4.69) is 5.32 Å². The number of hydrogen-bond donors (Lipinski definition) is 1. The maximum Gasteiger partial charge on any atom is 0.262 e. The molecule has 0 saturated heterocycles. The average molecular weight is 376 g/mol. The molecule has 3 aromatic carbocycles. The van der Waals surface area contributed by atoms with E-state index in [0.717, 1.165) is 10.8 Å². The lowest BCUT2D eigenvalue weighted by molar-refractivity contribution is -0.118. The van der Waals surface area contributed by atoms with E-state index in [9.17, 15) is 9.59 Å². The minimum atomic E-state index is -0.277. The molecule has 0 aromatic heterocycles. The van der Waals surface area contributed by atoms with Gasteiger partial charge in [-0.15, -0.1) is 0 Å². The maximum atomic E-state index is 12.5. The minimum absolute atomic E-state index is 0.0477. The van der Waals surface area contributed by atoms with Crippen LogP contribution < -0.4 is 10.1 Å². The first-order chi connectivity index (χ1) is 13.6. The van der Waals surface area contributed by atoms with Crippen molar-refractivity contribution in [3.63, 3.8) is 0 Å². The Morgan fingerprint density at radius 1 is 0.893 bits per heavy atom. The highest BCUT2D eigenvalue weighted by Gasteiger charge is 2.13. The monoisotopic (exact) mass is 376 g/mol. The van der Waals surface area contributed by atoms with E-state index in [1.165, 1.54) is 0 Å². The molecule has 0 aliphatic rings. The van der Waals surface area contributed by atoms with Gasteiger partial charge < -0.3 is 15.0 Å². The third-order valence-corrected chi connectivity index (χ3v) is 4.53. The second-order valence-corrected chi connectivity index (χ2v) is 6.40. The molecule has 0 fully saturated rings. The van der Waals surface area contributed by atoms with Gasteiger partial charge in [0.1, 0.15) is 5.75 Å². The number of ether oxygens (including phenoxy) is 1. The molecule has 28 heavy (non-hydrogen) atoms. The summed E-state index contributed by atoms with van der Waals surface area (Å²) in [6.45, 7) is 5.07. The van der Waals surface area contributed by atoms with E-state index in [1.54, 1.807) is 29.2 Å². The summed E-state index contributed by atoms with van der Waals surface area (Å²) >= 11 is 0. The molecule has 3 aromatic rings. The first kappa shape index (κ1) is 19.4. The molecule has 0 aliphatic carbocycles. The van der Waals surface area contributed by atoms with Gasteiger partial charge >= 0.3 is 0 Å². The standard InChI is InChI=1S/C23H24N2O3/c1-3-25(4-2)23(27)19-10-7-11-20(14-19)24-22(26)16-28-21-13-12-17-8-5-6-9-18(17)15-21/h5-15H,3-4,16H2,1-2H3,(H,24,26). The molecular formula is C23H24N2O3. The molecule has 0 spiro atoms. The second kappa shape index (κ2) is 9.04. The van der Waals surface area contributed by atoms with Crippen LogP contribution in [-0.4, -0.2) is 36.4 Å². The fraction of sp³-hybridized carbons (Fsp3) is 0.217. The van der Waals surface area contributed by atoms with Crippen molar-refractivity contribution in [2.45, 2.75) is 13.8 Å². The van der Waals surface area contributed by atoms with Gasteiger partial charge in [0.25, 0.3) is 11.8 Å². The number of benzene rings is 3. The molecule has 2 amide bonds. The van der Waals surface area contributed by atoms with Crippen molar-refractivity contribution in [1.82, 2.24) is 4.90 Å². The quantitative estimate of drug-likeness (QED) is 0.667. The van der Waals surface area contributed by atoms with Gasteiger partial charge in [0, 0.05) is 24.3 Å². The molecule has 0 radical (unpaired) electrons. The number of nitrogens with one attached hydrogen (secondary N) is 1. The lowest BCUT2D eigenvalue weighted by atomic mass is 10.1. The van der Waals surface area contributed by atoms with Gasteiger partial charge in [-0.3, -0.25) is 9.59 Å². The van der Waals surface area contributed by atoms with Gasteiger partial charge in [-0.25, -0.2) is 0 Å². The van der Waals surface area contributed by atoms with Crippen LogP contribution in [0.5, 0.6) is 5.75 Å². The van der Waals surface area contributed by atoms with Gasteiger partial charge in [0.05, 0.1) is 0 Å². The molecule has 0 unspecified atom stereocenters. The molecule has 5 nitrogen and oxygen atoms in total. The van der Waals surface area contributed by atoms with Crippen molar-refractivity contribution in [3.05, 3.63) is 72.3 Å². The number of anilines is 1. The third-order valence-electron chi connectivity index (χ3n) is 4.53. The van der Waals surface area contributed by atoms with Gasteiger partial charge in [-0.1, -0.05) is 36.4 Å². The normalized spacial score (nSPS) is 10.5. The van der Waals surface area contributed by atoms with Gasteiger partial charge in [0.2, 0.25) is 0 Å². The fourth-order valence-corrected chi connectivity index (χ4v) is 3.03. The topological polar surface area (TPSA) is 58.6 Å². The largest absolute Gasteiger partial charge is 0.484 e. The van der Waals surface area contributed by atoms with Gasteiger partial charge in [0.15, 0.2) is 6.61 Å². The lowest BCUT2D eigenvalue weighted by Gasteiger charge is -2.19. The van der Waals surface area contributed by atoms with E-state index >= 15 is 0 Å². The molecule has 0 atom stereocenters. The van der Waals surface area contributed by atoms with Crippen LogP contribution in [0.25, 0.3) is 10.8 Å². The minimum Gasteiger partial charge on any atom is -0.484 e. The van der Waals surface area contributed by atoms with E-state index < -0.39 is 0 Å². The first-order valence-corrected chi connectivity index (χ1v) is 9.41. The maximum absolute atomic E-state index is 12.5. The van der Waals surface area contributed by atoms with Gasteiger partial charge in [-0.2, -0.15) is 0 Å². The van der Waals surface area contributed by atoms with Crippen molar-refractivity contribution < 1.29 is 14.3 Å². The SMILES string of the molecule is CCN(CC)C(=O)c1cccc(NC(=O)COc2ccc3ccccc3c2)c1. The van der Waals surface area contributed by atoms with Crippen LogP contribution in [-0.2, 0) is 4.79 Å². The number of hydrogen-bond acceptors (Lipinski definition) is 3. The zero-order valence-electron chi connectivity index (χ0n) is 16.1. The summed E-state index contributed by atoms with van der Waals surface area (Å²) in [4.78, 5) is 26.4. The Morgan fingerprint density at radius 2 is 1.64 bits per heavy atom. The molecule has 0 aliphatic heterocycles. The van der Waals surface area contributed by atoms with Crippen LogP contribution in [0.1, 0.15) is 24.2 Å². The molecule has 0 bridgehead atoms. The van der Waals surface area contributed by atoms with Crippen LogP contribution in [0.15, 0.2) is 66.7 Å². The highest BCUT2D eigenvalue weighted by molar-refractivity contribution is 5.97. The van der Waals surface area contributed by atoms with E-state index in [-0.39, 0.29) is 18.4 Å². The summed E-state index contributed by atoms with van der Waals surface area (Å²) in [5.41, 5.74) is 1.13. The third kappa shape index (κ3) is 4.68. The summed E-state index contributed by atoms with van der Waals surface area (Å²) in [6, 6.07) is 20.6. The lowest BCUT2D eigenvalue weighted by Crippen LogP contribution is -2.30. The number of carbonyl (C=O) groups excluding carboxylic acids is 2. The van der Waals surface area contributed by atoms with E-state index in [1.807, 2.05) is 56.3 Å². The Bertz CT molecular complexity index is 980. The van der Waals surface area contributed by atoms with Crippen molar-refractivity contribution in [2.75, 3.05) is 25.0 Å². The van der Waals surface area contributed by atoms with Crippen molar-refractivity contribution in [1.29, 1.82) is 0 Å². The second-order valence-electron chi connectivity index (χ2n) is 6.40. The Hall–Kier alpha value is -3.34. The summed E-state index contributed by atoms with van der Waals surface area (Å²) in [6.07, 6.45) is 0. The highest BCUT2D eigenvalue weighted by Crippen LogP contribution is 2.20. The molecule has 3 rings (SSSR count). The smallest absolute Gasteiger partial charge is 0.262 e. The molecule has 0 heterocycles. The zero-order valence-corrected chi connectivity index (χ0v) is 16.1. The van der Waals surface area contributed by atoms with E-state index in [0.29, 0.717) is 30.1 Å². The van der Waals surface area contributed by atoms with Gasteiger partial charge in [-0.05, 0) is 55.0 Å². The number of carbonyl (C=O) groups is 2. The fourth-order valence-electron chi connectivity index (χ4n) is 3.03. The molecule has 1 N–H and O–H groups in total. The molecule has 5 heteroatoms. The summed E-state index contributed by atoms with van der Waals surface area (Å²) in [5, 5.41) is 4.96. The Morgan fingerprint density at radius 3 is 2.39 bits per heavy atom. The molecular weight excluding hydrogens is 352 g/mol. The predicted octanol–water partition coefficient (Wildman–Crippen LogP) is 4.34. The Labute approximate surface area is 164 Å². The van der Waals surface area contributed by atoms with Crippen molar-refractivity contribution in [3.8, 4) is 5.75 Å². The number of rotatable bonds is 7. The van der Waals surface area contributed by atoms with Crippen LogP contribution in [0.4, 0.5) is 5.69 Å². The van der Waals surface area contributed by atoms with E-state index in [4.69, 9.17) is 4.74 Å². The Balaban J connectivity index is 1.61. The van der Waals surface area contributed by atoms with Crippen LogP contribution >= 0.6 is 0 Å². The van der Waals surface area contributed by atoms with Crippen LogP contribution in [0, 0.1) is 0 Å². The average Bonchev–Trinajstić information content (AvgIpc) is 2.73. The predicted molar refractivity (Wildman–Crippen MR) is 112 cm³/mol. The van der Waals surface area contributed by atoms with Crippen LogP contribution in [0.2, 0.25) is 0 Å². The summed E-state index contributed by atoms with van der Waals surface area (Å²) < 4.78 is 5.61. The molecule has 0 saturated carbocycles. The van der Waals surface area contributed by atoms with Crippen molar-refractivity contribution >= 4 is 28.3 Å². The summed E-state index contributed by atoms with van der Waals surface area (Å²) in [5.74, 6) is 0.313. The first-order valence-electron chi connectivity index (χ1n) is 9.41. The number of nitrogens with zero attached hydrogens (tertiary/aromatic N) is 1. The number of fused-ring (bicyclic) bond motifs is 1. The highest BCUT2D eigenvalue weighted by atomic mass is 16.5. The Kier molecular flexibility index (Phi) is 6.27. The molecule has 144 valence electrons. The van der Waals surface area contributed by atoms with Crippen molar-refractivity contribution in [2.24, 2.45) is 0 Å².